The largest absolute Gasteiger partial charge is 0.495 e. The Labute approximate surface area is 90.1 Å². The van der Waals surface area contributed by atoms with Crippen LogP contribution in [0.5, 0.6) is 5.75 Å². The molecular weight excluding hydrogens is 190 g/mol. The monoisotopic (exact) mass is 207 g/mol. The SMILES string of the molecule is COc1cccnc1C(O)C1CCCC1. The number of nitrogens with zero attached hydrogens (tertiary/aromatic N) is 1. The van der Waals surface area contributed by atoms with Crippen LogP contribution in [0.25, 0.3) is 0 Å². The summed E-state index contributed by atoms with van der Waals surface area (Å²) in [4.78, 5) is 4.22. The zero-order chi connectivity index (χ0) is 10.7. The molecule has 0 saturated heterocycles. The fourth-order valence-electron chi connectivity index (χ4n) is 2.29. The molecule has 1 unspecified atom stereocenters. The highest BCUT2D eigenvalue weighted by Gasteiger charge is 2.27. The van der Waals surface area contributed by atoms with Gasteiger partial charge >= 0.3 is 0 Å². The molecule has 0 aromatic carbocycles. The maximum atomic E-state index is 10.2. The first kappa shape index (κ1) is 10.4. The van der Waals surface area contributed by atoms with Gasteiger partial charge in [-0.05, 0) is 30.9 Å². The van der Waals surface area contributed by atoms with Crippen LogP contribution >= 0.6 is 0 Å². The first-order valence-corrected chi connectivity index (χ1v) is 5.50. The molecule has 1 aromatic rings. The molecule has 1 N–H and O–H groups in total. The minimum atomic E-state index is -0.469. The lowest BCUT2D eigenvalue weighted by atomic mass is 9.97. The highest BCUT2D eigenvalue weighted by atomic mass is 16.5. The van der Waals surface area contributed by atoms with Gasteiger partial charge in [-0.3, -0.25) is 4.98 Å². The molecule has 1 heterocycles. The molecule has 0 radical (unpaired) electrons. The molecule has 2 rings (SSSR count). The van der Waals surface area contributed by atoms with Crippen molar-refractivity contribution < 1.29 is 9.84 Å². The van der Waals surface area contributed by atoms with Crippen LogP contribution in [0.1, 0.15) is 37.5 Å². The van der Waals surface area contributed by atoms with Crippen LogP contribution < -0.4 is 4.74 Å². The molecule has 1 saturated carbocycles. The van der Waals surface area contributed by atoms with E-state index in [9.17, 15) is 5.11 Å². The summed E-state index contributed by atoms with van der Waals surface area (Å²) in [5.74, 6) is 1.05. The lowest BCUT2D eigenvalue weighted by Gasteiger charge is -2.18. The summed E-state index contributed by atoms with van der Waals surface area (Å²) in [5.41, 5.74) is 0.687. The maximum Gasteiger partial charge on any atom is 0.143 e. The average molecular weight is 207 g/mol. The number of hydrogen-bond acceptors (Lipinski definition) is 3. The molecule has 15 heavy (non-hydrogen) atoms. The number of pyridine rings is 1. The van der Waals surface area contributed by atoms with Crippen molar-refractivity contribution in [1.29, 1.82) is 0 Å². The molecule has 3 heteroatoms. The van der Waals surface area contributed by atoms with Gasteiger partial charge in [0.25, 0.3) is 0 Å². The van der Waals surface area contributed by atoms with Crippen LogP contribution in [0.4, 0.5) is 0 Å². The first-order chi connectivity index (χ1) is 7.33. The van der Waals surface area contributed by atoms with Crippen molar-refractivity contribution in [2.24, 2.45) is 5.92 Å². The Hall–Kier alpha value is -1.09. The van der Waals surface area contributed by atoms with Gasteiger partial charge in [0.2, 0.25) is 0 Å². The van der Waals surface area contributed by atoms with Crippen LogP contribution in [0.3, 0.4) is 0 Å². The summed E-state index contributed by atoms with van der Waals surface area (Å²) in [6, 6.07) is 3.67. The number of aliphatic hydroxyl groups excluding tert-OH is 1. The van der Waals surface area contributed by atoms with Crippen LogP contribution in [-0.2, 0) is 0 Å². The second-order valence-electron chi connectivity index (χ2n) is 4.08. The van der Waals surface area contributed by atoms with E-state index < -0.39 is 6.10 Å². The van der Waals surface area contributed by atoms with Crippen molar-refractivity contribution in [2.45, 2.75) is 31.8 Å². The smallest absolute Gasteiger partial charge is 0.143 e. The summed E-state index contributed by atoms with van der Waals surface area (Å²) < 4.78 is 5.20. The Morgan fingerprint density at radius 2 is 2.20 bits per heavy atom. The third-order valence-electron chi connectivity index (χ3n) is 3.15. The number of aliphatic hydroxyl groups is 1. The predicted molar refractivity (Wildman–Crippen MR) is 57.7 cm³/mol. The quantitative estimate of drug-likeness (QED) is 0.827. The Morgan fingerprint density at radius 1 is 1.47 bits per heavy atom. The predicted octanol–water partition coefficient (Wildman–Crippen LogP) is 2.31. The van der Waals surface area contributed by atoms with E-state index >= 15 is 0 Å². The summed E-state index contributed by atoms with van der Waals surface area (Å²) in [5, 5.41) is 10.2. The lowest BCUT2D eigenvalue weighted by Crippen LogP contribution is -2.11. The van der Waals surface area contributed by atoms with E-state index in [1.807, 2.05) is 12.1 Å². The van der Waals surface area contributed by atoms with E-state index in [0.717, 1.165) is 12.8 Å². The van der Waals surface area contributed by atoms with E-state index in [1.165, 1.54) is 12.8 Å². The highest BCUT2D eigenvalue weighted by Crippen LogP contribution is 2.37. The van der Waals surface area contributed by atoms with E-state index in [0.29, 0.717) is 17.4 Å². The summed E-state index contributed by atoms with van der Waals surface area (Å²) in [6.45, 7) is 0. The molecular formula is C12H17NO2. The van der Waals surface area contributed by atoms with Gasteiger partial charge in [0, 0.05) is 6.20 Å². The zero-order valence-corrected chi connectivity index (χ0v) is 9.02. The third kappa shape index (κ3) is 2.12. The summed E-state index contributed by atoms with van der Waals surface area (Å²) >= 11 is 0. The fourth-order valence-corrected chi connectivity index (χ4v) is 2.29. The zero-order valence-electron chi connectivity index (χ0n) is 9.02. The number of methoxy groups -OCH3 is 1. The number of hydrogen-bond donors (Lipinski definition) is 1. The van der Waals surface area contributed by atoms with Crippen molar-refractivity contribution in [2.75, 3.05) is 7.11 Å². The van der Waals surface area contributed by atoms with E-state index in [4.69, 9.17) is 4.74 Å². The molecule has 0 aliphatic heterocycles. The van der Waals surface area contributed by atoms with Crippen LogP contribution in [0.2, 0.25) is 0 Å². The van der Waals surface area contributed by atoms with E-state index in [2.05, 4.69) is 4.98 Å². The molecule has 1 aliphatic carbocycles. The lowest BCUT2D eigenvalue weighted by molar-refractivity contribution is 0.104. The maximum absolute atomic E-state index is 10.2. The van der Waals surface area contributed by atoms with Gasteiger partial charge < -0.3 is 9.84 Å². The Kier molecular flexibility index (Phi) is 3.21. The van der Waals surface area contributed by atoms with Gasteiger partial charge in [-0.2, -0.15) is 0 Å². The molecule has 0 bridgehead atoms. The van der Waals surface area contributed by atoms with Gasteiger partial charge in [0.15, 0.2) is 0 Å². The summed E-state index contributed by atoms with van der Waals surface area (Å²) in [7, 11) is 1.61. The van der Waals surface area contributed by atoms with Gasteiger partial charge in [0.1, 0.15) is 17.5 Å². The molecule has 3 nitrogen and oxygen atoms in total. The third-order valence-corrected chi connectivity index (χ3v) is 3.15. The minimum absolute atomic E-state index is 0.355. The molecule has 1 atom stereocenters. The van der Waals surface area contributed by atoms with Gasteiger partial charge in [0.05, 0.1) is 7.11 Å². The highest BCUT2D eigenvalue weighted by molar-refractivity contribution is 5.29. The van der Waals surface area contributed by atoms with Crippen molar-refractivity contribution in [3.63, 3.8) is 0 Å². The van der Waals surface area contributed by atoms with Crippen molar-refractivity contribution in [3.05, 3.63) is 24.0 Å². The van der Waals surface area contributed by atoms with Crippen molar-refractivity contribution in [3.8, 4) is 5.75 Å². The van der Waals surface area contributed by atoms with Gasteiger partial charge in [-0.25, -0.2) is 0 Å². The Morgan fingerprint density at radius 3 is 2.87 bits per heavy atom. The second-order valence-corrected chi connectivity index (χ2v) is 4.08. The molecule has 0 spiro atoms. The topological polar surface area (TPSA) is 42.4 Å². The normalized spacial score (nSPS) is 19.1. The molecule has 0 amide bonds. The number of rotatable bonds is 3. The van der Waals surface area contributed by atoms with Crippen LogP contribution in [-0.4, -0.2) is 17.2 Å². The van der Waals surface area contributed by atoms with Gasteiger partial charge in [-0.15, -0.1) is 0 Å². The van der Waals surface area contributed by atoms with Crippen LogP contribution in [0.15, 0.2) is 18.3 Å². The standard InChI is InChI=1S/C12H17NO2/c1-15-10-7-4-8-13-11(10)12(14)9-5-2-3-6-9/h4,7-9,12,14H,2-3,5-6H2,1H3. The van der Waals surface area contributed by atoms with E-state index in [-0.39, 0.29) is 0 Å². The van der Waals surface area contributed by atoms with E-state index in [1.54, 1.807) is 13.3 Å². The second kappa shape index (κ2) is 4.62. The fraction of sp³-hybridized carbons (Fsp3) is 0.583. The number of ether oxygens (including phenoxy) is 1. The van der Waals surface area contributed by atoms with Crippen molar-refractivity contribution in [1.82, 2.24) is 4.98 Å². The molecule has 82 valence electrons. The van der Waals surface area contributed by atoms with Crippen LogP contribution in [0, 0.1) is 5.92 Å². The van der Waals surface area contributed by atoms with Gasteiger partial charge in [-0.1, -0.05) is 12.8 Å². The average Bonchev–Trinajstić information content (AvgIpc) is 2.81. The first-order valence-electron chi connectivity index (χ1n) is 5.50. The minimum Gasteiger partial charge on any atom is -0.495 e. The molecule has 1 aromatic heterocycles. The summed E-state index contributed by atoms with van der Waals surface area (Å²) in [6.07, 6.45) is 5.87. The molecule has 1 aliphatic rings. The molecule has 1 fully saturated rings. The number of aromatic nitrogens is 1. The van der Waals surface area contributed by atoms with Crippen molar-refractivity contribution >= 4 is 0 Å². The Bertz CT molecular complexity index is 321. The Balaban J connectivity index is 2.19.